The average Bonchev–Trinajstić information content (AvgIpc) is 3.01. The van der Waals surface area contributed by atoms with Crippen molar-refractivity contribution in [3.63, 3.8) is 0 Å². The Bertz CT molecular complexity index is 495. The lowest BCUT2D eigenvalue weighted by Crippen LogP contribution is -2.71. The molecule has 3 rings (SSSR count). The Kier molecular flexibility index (Phi) is 2.14. The summed E-state index contributed by atoms with van der Waals surface area (Å²) in [6, 6.07) is 4.08. The van der Waals surface area contributed by atoms with Crippen LogP contribution in [-0.2, 0) is 4.79 Å². The zero-order chi connectivity index (χ0) is 12.0. The van der Waals surface area contributed by atoms with Gasteiger partial charge in [-0.2, -0.15) is 4.90 Å². The van der Waals surface area contributed by atoms with Crippen molar-refractivity contribution in [3.8, 4) is 0 Å². The van der Waals surface area contributed by atoms with Crippen molar-refractivity contribution in [2.75, 3.05) is 6.54 Å². The monoisotopic (exact) mass is 232 g/mol. The van der Waals surface area contributed by atoms with E-state index in [1.807, 2.05) is 25.3 Å². The van der Waals surface area contributed by atoms with Gasteiger partial charge in [0.2, 0.25) is 0 Å². The van der Waals surface area contributed by atoms with Crippen molar-refractivity contribution in [2.24, 2.45) is 0 Å². The van der Waals surface area contributed by atoms with Crippen LogP contribution in [0.25, 0.3) is 0 Å². The summed E-state index contributed by atoms with van der Waals surface area (Å²) in [5, 5.41) is 9.57. The van der Waals surface area contributed by atoms with Crippen LogP contribution in [-0.4, -0.2) is 39.5 Å². The number of nitrogens with zero attached hydrogens (tertiary/aromatic N) is 2. The first kappa shape index (κ1) is 10.3. The fourth-order valence-corrected chi connectivity index (χ4v) is 2.31. The Labute approximate surface area is 98.8 Å². The Balaban J connectivity index is 1.76. The van der Waals surface area contributed by atoms with Gasteiger partial charge in [0.05, 0.1) is 0 Å². The lowest BCUT2D eigenvalue weighted by molar-refractivity contribution is -0.447. The summed E-state index contributed by atoms with van der Waals surface area (Å²) in [6.07, 6.45) is 2.74. The van der Waals surface area contributed by atoms with E-state index in [1.165, 1.54) is 4.90 Å². The molecule has 0 bridgehead atoms. The lowest BCUT2D eigenvalue weighted by Gasteiger charge is -2.06. The van der Waals surface area contributed by atoms with Crippen molar-refractivity contribution >= 4 is 11.9 Å². The van der Waals surface area contributed by atoms with Crippen molar-refractivity contribution in [1.29, 1.82) is 0 Å². The molecule has 0 saturated heterocycles. The van der Waals surface area contributed by atoms with E-state index in [0.29, 0.717) is 5.92 Å². The standard InChI is InChI=1S/C12H13N3O2/c1-7-2-3-8(5-13-7)9-4-10(9)15-11(16)6-14-12(15)17/h2-3,5,9-10H,4,6H2,1H3,(H,14,17)/p+1. The third kappa shape index (κ3) is 1.67. The molecule has 88 valence electrons. The van der Waals surface area contributed by atoms with E-state index in [4.69, 9.17) is 0 Å². The van der Waals surface area contributed by atoms with Gasteiger partial charge in [0.1, 0.15) is 6.04 Å². The number of aryl methyl sites for hydroxylation is 1. The number of aliphatic hydroxyl groups is 1. The fourth-order valence-electron chi connectivity index (χ4n) is 2.31. The third-order valence-corrected chi connectivity index (χ3v) is 3.35. The van der Waals surface area contributed by atoms with Crippen LogP contribution in [0.2, 0.25) is 0 Å². The molecule has 0 radical (unpaired) electrons. The molecular weight excluding hydrogens is 218 g/mol. The summed E-state index contributed by atoms with van der Waals surface area (Å²) < 4.78 is 0. The Morgan fingerprint density at radius 2 is 2.35 bits per heavy atom. The number of pyridine rings is 1. The first-order valence-electron chi connectivity index (χ1n) is 5.71. The van der Waals surface area contributed by atoms with Gasteiger partial charge in [0.15, 0.2) is 6.54 Å². The van der Waals surface area contributed by atoms with Crippen LogP contribution >= 0.6 is 0 Å². The summed E-state index contributed by atoms with van der Waals surface area (Å²) >= 11 is 0. The first-order valence-corrected chi connectivity index (χ1v) is 5.71. The molecule has 1 amide bonds. The molecule has 0 aromatic carbocycles. The van der Waals surface area contributed by atoms with Crippen molar-refractivity contribution in [3.05, 3.63) is 29.6 Å². The summed E-state index contributed by atoms with van der Waals surface area (Å²) in [7, 11) is 0. The van der Waals surface area contributed by atoms with E-state index >= 15 is 0 Å². The number of rotatable bonds is 2. The summed E-state index contributed by atoms with van der Waals surface area (Å²) in [6.45, 7) is 2.14. The molecular formula is C12H14N3O2+. The Morgan fingerprint density at radius 1 is 1.53 bits per heavy atom. The van der Waals surface area contributed by atoms with Gasteiger partial charge in [0, 0.05) is 17.8 Å². The number of aromatic nitrogens is 1. The second-order valence-corrected chi connectivity index (χ2v) is 4.58. The number of aliphatic hydroxyl groups excluding tert-OH is 1. The molecule has 1 aliphatic carbocycles. The maximum absolute atomic E-state index is 11.6. The number of amides is 1. The maximum atomic E-state index is 11.6. The highest BCUT2D eigenvalue weighted by Gasteiger charge is 2.54. The molecule has 2 N–H and O–H groups in total. The van der Waals surface area contributed by atoms with Gasteiger partial charge >= 0.3 is 11.9 Å². The van der Waals surface area contributed by atoms with E-state index in [0.717, 1.165) is 17.7 Å². The molecule has 2 unspecified atom stereocenters. The second kappa shape index (κ2) is 3.55. The number of hydrogen-bond donors (Lipinski definition) is 2. The minimum atomic E-state index is -0.0601. The largest absolute Gasteiger partial charge is 0.450 e. The molecule has 1 aromatic heterocycles. The lowest BCUT2D eigenvalue weighted by atomic mass is 10.1. The topological polar surface area (TPSA) is 67.4 Å². The molecule has 17 heavy (non-hydrogen) atoms. The van der Waals surface area contributed by atoms with Crippen LogP contribution in [0, 0.1) is 6.92 Å². The summed E-state index contributed by atoms with van der Waals surface area (Å²) in [5.74, 6) is 0.240. The van der Waals surface area contributed by atoms with Gasteiger partial charge < -0.3 is 5.11 Å². The number of carbonyl (C=O) groups excluding carboxylic acids is 1. The average molecular weight is 232 g/mol. The highest BCUT2D eigenvalue weighted by Crippen LogP contribution is 2.44. The number of hydrogen-bond acceptors (Lipinski definition) is 2. The molecule has 5 heteroatoms. The van der Waals surface area contributed by atoms with E-state index in [2.05, 4.69) is 9.98 Å². The maximum Gasteiger partial charge on any atom is 0.450 e. The molecule has 1 fully saturated rings. The number of amidine groups is 1. The van der Waals surface area contributed by atoms with E-state index in [1.54, 1.807) is 0 Å². The minimum absolute atomic E-state index is 0.0115. The summed E-state index contributed by atoms with van der Waals surface area (Å²) in [5.41, 5.74) is 2.12. The molecule has 1 aliphatic heterocycles. The molecule has 1 saturated carbocycles. The van der Waals surface area contributed by atoms with Crippen LogP contribution in [0.15, 0.2) is 18.3 Å². The number of carbonyl (C=O) groups is 1. The SMILES string of the molecule is Cc1ccc(C2CC2N2C(=O)C[NH+]=C2O)cn1. The van der Waals surface area contributed by atoms with Crippen molar-refractivity contribution < 1.29 is 14.9 Å². The van der Waals surface area contributed by atoms with Gasteiger partial charge in [-0.3, -0.25) is 4.98 Å². The smallest absolute Gasteiger partial charge is 0.447 e. The minimum Gasteiger partial charge on any atom is -0.447 e. The number of nitrogens with one attached hydrogen (secondary N) is 1. The van der Waals surface area contributed by atoms with Crippen molar-refractivity contribution in [2.45, 2.75) is 25.3 Å². The quantitative estimate of drug-likeness (QED) is 0.693. The molecule has 2 aliphatic rings. The van der Waals surface area contributed by atoms with Gasteiger partial charge in [-0.25, -0.2) is 9.79 Å². The Hall–Kier alpha value is -1.91. The normalized spacial score (nSPS) is 27.2. The zero-order valence-electron chi connectivity index (χ0n) is 9.55. The molecule has 0 spiro atoms. The van der Waals surface area contributed by atoms with Crippen LogP contribution < -0.4 is 4.99 Å². The molecule has 5 nitrogen and oxygen atoms in total. The highest BCUT2D eigenvalue weighted by molar-refractivity contribution is 5.95. The second-order valence-electron chi connectivity index (χ2n) is 4.58. The van der Waals surface area contributed by atoms with Gasteiger partial charge in [-0.05, 0) is 25.0 Å². The highest BCUT2D eigenvalue weighted by atomic mass is 16.3. The van der Waals surface area contributed by atoms with Crippen LogP contribution in [0.3, 0.4) is 0 Å². The zero-order valence-corrected chi connectivity index (χ0v) is 9.55. The van der Waals surface area contributed by atoms with Gasteiger partial charge in [-0.15, -0.1) is 0 Å². The van der Waals surface area contributed by atoms with E-state index in [-0.39, 0.29) is 24.5 Å². The predicted octanol–water partition coefficient (Wildman–Crippen LogP) is -0.917. The fraction of sp³-hybridized carbons (Fsp3) is 0.417. The summed E-state index contributed by atoms with van der Waals surface area (Å²) in [4.78, 5) is 19.9. The van der Waals surface area contributed by atoms with Gasteiger partial charge in [-0.1, -0.05) is 6.07 Å². The predicted molar refractivity (Wildman–Crippen MR) is 60.4 cm³/mol. The van der Waals surface area contributed by atoms with E-state index < -0.39 is 0 Å². The molecule has 2 heterocycles. The molecule has 1 aromatic rings. The van der Waals surface area contributed by atoms with Crippen LogP contribution in [0.1, 0.15) is 23.6 Å². The third-order valence-electron chi connectivity index (χ3n) is 3.35. The Morgan fingerprint density at radius 3 is 2.94 bits per heavy atom. The van der Waals surface area contributed by atoms with E-state index in [9.17, 15) is 9.90 Å². The first-order chi connectivity index (χ1) is 8.16. The van der Waals surface area contributed by atoms with Gasteiger partial charge in [0.25, 0.3) is 0 Å². The van der Waals surface area contributed by atoms with Crippen LogP contribution in [0.5, 0.6) is 0 Å². The van der Waals surface area contributed by atoms with Crippen LogP contribution in [0.4, 0.5) is 0 Å². The van der Waals surface area contributed by atoms with Crippen molar-refractivity contribution in [1.82, 2.24) is 9.88 Å². The molecule has 2 atom stereocenters.